The van der Waals surface area contributed by atoms with Gasteiger partial charge in [0.05, 0.1) is 0 Å². The summed E-state index contributed by atoms with van der Waals surface area (Å²) < 4.78 is 1.35. The quantitative estimate of drug-likeness (QED) is 0.224. The fourth-order valence-corrected chi connectivity index (χ4v) is 4.59. The Labute approximate surface area is 136 Å². The van der Waals surface area contributed by atoms with Gasteiger partial charge in [-0.3, -0.25) is 0 Å². The zero-order valence-corrected chi connectivity index (χ0v) is 13.6. The average molecular weight is 380 g/mol. The summed E-state index contributed by atoms with van der Waals surface area (Å²) in [6.45, 7) is 0. The van der Waals surface area contributed by atoms with Crippen molar-refractivity contribution in [3.63, 3.8) is 0 Å². The second kappa shape index (κ2) is 4.20. The molecule has 0 nitrogen and oxygen atoms in total. The molecule has 1 heteroatoms. The molecule has 0 saturated heterocycles. The van der Waals surface area contributed by atoms with E-state index in [1.807, 2.05) is 0 Å². The first-order valence-corrected chi connectivity index (χ1v) is 8.46. The highest BCUT2D eigenvalue weighted by Crippen LogP contribution is 2.34. The van der Waals surface area contributed by atoms with Crippen LogP contribution in [0.2, 0.25) is 0 Å². The second-order valence-corrected chi connectivity index (χ2v) is 7.10. The van der Waals surface area contributed by atoms with Crippen LogP contribution in [0.3, 0.4) is 0 Å². The van der Waals surface area contributed by atoms with Gasteiger partial charge in [-0.1, -0.05) is 42.5 Å². The SMILES string of the molecule is Ic1cc2c3c(c4cccc5cccc(c3c1)c54)=CCC2. The number of hydrogen-bond acceptors (Lipinski definition) is 0. The van der Waals surface area contributed by atoms with Crippen molar-refractivity contribution in [1.29, 1.82) is 0 Å². The summed E-state index contributed by atoms with van der Waals surface area (Å²) in [6.07, 6.45) is 4.75. The van der Waals surface area contributed by atoms with E-state index in [1.165, 1.54) is 53.1 Å². The topological polar surface area (TPSA) is 0 Å². The van der Waals surface area contributed by atoms with E-state index in [9.17, 15) is 0 Å². The molecule has 100 valence electrons. The smallest absolute Gasteiger partial charge is 0.0139 e. The maximum Gasteiger partial charge on any atom is 0.0139 e. The monoisotopic (exact) mass is 380 g/mol. The number of rotatable bonds is 0. The van der Waals surface area contributed by atoms with Crippen molar-refractivity contribution >= 4 is 61.0 Å². The standard InChI is InChI=1S/C20H13I/c21-14-10-13-6-3-8-16-15-7-1-4-12-5-2-9-17(19(12)15)18(11-14)20(13)16/h1-2,4-5,7-11H,3,6H2. The normalized spacial score (nSPS) is 14.0. The molecule has 0 amide bonds. The van der Waals surface area contributed by atoms with Crippen molar-refractivity contribution in [2.24, 2.45) is 0 Å². The molecule has 4 aromatic carbocycles. The van der Waals surface area contributed by atoms with Crippen LogP contribution in [0.1, 0.15) is 12.0 Å². The minimum atomic E-state index is 1.15. The van der Waals surface area contributed by atoms with E-state index in [2.05, 4.69) is 77.2 Å². The van der Waals surface area contributed by atoms with Crippen LogP contribution >= 0.6 is 22.6 Å². The molecule has 0 fully saturated rings. The molecule has 0 heterocycles. The molecular weight excluding hydrogens is 367 g/mol. The Hall–Kier alpha value is -1.61. The number of aryl methyl sites for hydroxylation is 1. The Bertz CT molecular complexity index is 1080. The van der Waals surface area contributed by atoms with E-state index in [0.717, 1.165) is 6.42 Å². The summed E-state index contributed by atoms with van der Waals surface area (Å²) >= 11 is 2.45. The van der Waals surface area contributed by atoms with Crippen molar-refractivity contribution < 1.29 is 0 Å². The highest BCUT2D eigenvalue weighted by Gasteiger charge is 2.14. The van der Waals surface area contributed by atoms with Gasteiger partial charge in [-0.15, -0.1) is 0 Å². The summed E-state index contributed by atoms with van der Waals surface area (Å²) in [6, 6.07) is 18.1. The first-order valence-electron chi connectivity index (χ1n) is 7.38. The molecule has 0 aromatic heterocycles. The van der Waals surface area contributed by atoms with Gasteiger partial charge in [0.25, 0.3) is 0 Å². The van der Waals surface area contributed by atoms with Gasteiger partial charge in [0.1, 0.15) is 0 Å². The van der Waals surface area contributed by atoms with Gasteiger partial charge in [0, 0.05) is 3.57 Å². The predicted molar refractivity (Wildman–Crippen MR) is 99.7 cm³/mol. The van der Waals surface area contributed by atoms with Crippen LogP contribution in [-0.4, -0.2) is 0 Å². The first kappa shape index (κ1) is 12.0. The number of hydrogen-bond donors (Lipinski definition) is 0. The van der Waals surface area contributed by atoms with Crippen molar-refractivity contribution in [1.82, 2.24) is 0 Å². The van der Waals surface area contributed by atoms with E-state index in [-0.39, 0.29) is 0 Å². The highest BCUT2D eigenvalue weighted by molar-refractivity contribution is 14.1. The molecule has 0 unspecified atom stereocenters. The molecule has 1 aliphatic carbocycles. The molecule has 5 rings (SSSR count). The summed E-state index contributed by atoms with van der Waals surface area (Å²) in [4.78, 5) is 0. The zero-order valence-electron chi connectivity index (χ0n) is 11.5. The lowest BCUT2D eigenvalue weighted by atomic mass is 9.87. The van der Waals surface area contributed by atoms with Gasteiger partial charge in [-0.25, -0.2) is 0 Å². The molecule has 0 N–H and O–H groups in total. The third-order valence-corrected chi connectivity index (χ3v) is 5.32. The van der Waals surface area contributed by atoms with Crippen LogP contribution in [0.25, 0.3) is 38.4 Å². The zero-order chi connectivity index (χ0) is 14.0. The average Bonchev–Trinajstić information content (AvgIpc) is 2.51. The third kappa shape index (κ3) is 1.55. The molecule has 0 aliphatic heterocycles. The minimum absolute atomic E-state index is 1.15. The lowest BCUT2D eigenvalue weighted by Crippen LogP contribution is -2.12. The Morgan fingerprint density at radius 2 is 1.62 bits per heavy atom. The van der Waals surface area contributed by atoms with Crippen LogP contribution in [-0.2, 0) is 6.42 Å². The van der Waals surface area contributed by atoms with Gasteiger partial charge in [0.15, 0.2) is 0 Å². The summed E-state index contributed by atoms with van der Waals surface area (Å²) in [5.74, 6) is 0. The van der Waals surface area contributed by atoms with Crippen molar-refractivity contribution in [2.45, 2.75) is 12.8 Å². The van der Waals surface area contributed by atoms with Crippen LogP contribution < -0.4 is 5.22 Å². The van der Waals surface area contributed by atoms with Gasteiger partial charge < -0.3 is 0 Å². The molecule has 0 saturated carbocycles. The van der Waals surface area contributed by atoms with Crippen molar-refractivity contribution in [3.8, 4) is 0 Å². The first-order chi connectivity index (χ1) is 10.3. The third-order valence-electron chi connectivity index (χ3n) is 4.70. The van der Waals surface area contributed by atoms with E-state index >= 15 is 0 Å². The van der Waals surface area contributed by atoms with E-state index in [0.29, 0.717) is 0 Å². The lowest BCUT2D eigenvalue weighted by Gasteiger charge is -2.17. The molecule has 0 bridgehead atoms. The largest absolute Gasteiger partial charge is 0.0757 e. The number of halogens is 1. The molecule has 21 heavy (non-hydrogen) atoms. The molecule has 0 atom stereocenters. The molecule has 0 radical (unpaired) electrons. The van der Waals surface area contributed by atoms with E-state index in [1.54, 1.807) is 0 Å². The fraction of sp³-hybridized carbons (Fsp3) is 0.100. The van der Waals surface area contributed by atoms with Crippen LogP contribution in [0.5, 0.6) is 0 Å². The van der Waals surface area contributed by atoms with Crippen molar-refractivity contribution in [2.75, 3.05) is 0 Å². The van der Waals surface area contributed by atoms with Gasteiger partial charge in [-0.05, 0) is 90.7 Å². The summed E-state index contributed by atoms with van der Waals surface area (Å²) in [7, 11) is 0. The predicted octanol–water partition coefficient (Wildman–Crippen LogP) is 5.20. The molecule has 4 aromatic rings. The van der Waals surface area contributed by atoms with Crippen LogP contribution in [0, 0.1) is 3.57 Å². The number of fused-ring (bicyclic) bond motifs is 2. The van der Waals surface area contributed by atoms with Crippen molar-refractivity contribution in [3.05, 3.63) is 62.9 Å². The Morgan fingerprint density at radius 3 is 2.48 bits per heavy atom. The fourth-order valence-electron chi connectivity index (χ4n) is 3.90. The maximum absolute atomic E-state index is 2.45. The van der Waals surface area contributed by atoms with Gasteiger partial charge in [0.2, 0.25) is 0 Å². The Morgan fingerprint density at radius 1 is 0.810 bits per heavy atom. The van der Waals surface area contributed by atoms with E-state index in [4.69, 9.17) is 0 Å². The maximum atomic E-state index is 2.45. The minimum Gasteiger partial charge on any atom is -0.0757 e. The Kier molecular flexibility index (Phi) is 2.40. The molecule has 0 spiro atoms. The van der Waals surface area contributed by atoms with Gasteiger partial charge in [-0.2, -0.15) is 0 Å². The Balaban J connectivity index is 2.26. The second-order valence-electron chi connectivity index (χ2n) is 5.85. The van der Waals surface area contributed by atoms with Gasteiger partial charge >= 0.3 is 0 Å². The molecule has 1 aliphatic rings. The highest BCUT2D eigenvalue weighted by atomic mass is 127. The number of benzene rings is 4. The van der Waals surface area contributed by atoms with E-state index < -0.39 is 0 Å². The summed E-state index contributed by atoms with van der Waals surface area (Å²) in [5, 5.41) is 9.94. The van der Waals surface area contributed by atoms with Crippen LogP contribution in [0.4, 0.5) is 0 Å². The molecular formula is C20H13I. The summed E-state index contributed by atoms with van der Waals surface area (Å²) in [5.41, 5.74) is 1.51. The van der Waals surface area contributed by atoms with Crippen LogP contribution in [0.15, 0.2) is 48.5 Å². The lowest BCUT2D eigenvalue weighted by molar-refractivity contribution is 1.04.